The number of rotatable bonds is 2. The van der Waals surface area contributed by atoms with Crippen molar-refractivity contribution in [3.05, 3.63) is 35.4 Å². The smallest absolute Gasteiger partial charge is 0.430 e. The van der Waals surface area contributed by atoms with Gasteiger partial charge in [-0.2, -0.15) is 10.1 Å². The lowest BCUT2D eigenvalue weighted by atomic mass is 10.1. The Kier molecular flexibility index (Phi) is 3.39. The van der Waals surface area contributed by atoms with Gasteiger partial charge in [0.25, 0.3) is 0 Å². The van der Waals surface area contributed by atoms with Crippen molar-refractivity contribution in [2.45, 2.75) is 6.23 Å². The molecule has 1 amide bonds. The first kappa shape index (κ1) is 11.3. The zero-order chi connectivity index (χ0) is 11.5. The molecule has 84 valence electrons. The average Bonchev–Trinajstić information content (AvgIpc) is 2.29. The Morgan fingerprint density at radius 1 is 1.56 bits per heavy atom. The average molecular weight is 332 g/mol. The maximum Gasteiger partial charge on any atom is 0.430 e. The summed E-state index contributed by atoms with van der Waals surface area (Å²) >= 11 is 2.03. The van der Waals surface area contributed by atoms with E-state index in [9.17, 15) is 4.79 Å². The van der Waals surface area contributed by atoms with E-state index in [1.807, 2.05) is 46.9 Å². The zero-order valence-electron chi connectivity index (χ0n) is 8.21. The molecule has 0 radical (unpaired) electrons. The summed E-state index contributed by atoms with van der Waals surface area (Å²) in [5, 5.41) is 13.8. The second kappa shape index (κ2) is 4.79. The van der Waals surface area contributed by atoms with Gasteiger partial charge < -0.3 is 9.84 Å². The number of nitrogens with zero attached hydrogens (tertiary/aromatic N) is 2. The van der Waals surface area contributed by atoms with Crippen molar-refractivity contribution in [1.82, 2.24) is 5.01 Å². The van der Waals surface area contributed by atoms with Crippen LogP contribution in [0.4, 0.5) is 4.79 Å². The third kappa shape index (κ3) is 2.03. The van der Waals surface area contributed by atoms with Gasteiger partial charge in [0.2, 0.25) is 0 Å². The Labute approximate surface area is 106 Å². The zero-order valence-corrected chi connectivity index (χ0v) is 10.4. The van der Waals surface area contributed by atoms with Crippen LogP contribution in [-0.4, -0.2) is 27.0 Å². The molecule has 0 aromatic heterocycles. The highest BCUT2D eigenvalue weighted by molar-refractivity contribution is 14.1. The van der Waals surface area contributed by atoms with Crippen LogP contribution >= 0.6 is 22.6 Å². The first-order valence-electron chi connectivity index (χ1n) is 4.56. The van der Waals surface area contributed by atoms with Crippen molar-refractivity contribution in [3.8, 4) is 0 Å². The molecule has 1 aromatic carbocycles. The molecule has 5 nitrogen and oxygen atoms in total. The predicted octanol–water partition coefficient (Wildman–Crippen LogP) is 2.42. The lowest BCUT2D eigenvalue weighted by Gasteiger charge is -2.28. The number of hydrazone groups is 1. The van der Waals surface area contributed by atoms with Crippen LogP contribution in [0.3, 0.4) is 0 Å². The van der Waals surface area contributed by atoms with Gasteiger partial charge in [-0.15, -0.1) is 0 Å². The first-order chi connectivity index (χ1) is 7.74. The minimum Gasteiger partial charge on any atom is -0.464 e. The molecule has 1 unspecified atom stereocenters. The van der Waals surface area contributed by atoms with Crippen molar-refractivity contribution in [3.63, 3.8) is 0 Å². The van der Waals surface area contributed by atoms with Crippen molar-refractivity contribution in [1.29, 1.82) is 0 Å². The summed E-state index contributed by atoms with van der Waals surface area (Å²) in [6.45, 7) is 0. The Morgan fingerprint density at radius 2 is 2.31 bits per heavy atom. The fraction of sp³-hybridized carbons (Fsp3) is 0.200. The molecular formula is C10H9IN2O3. The number of amides is 1. The fourth-order valence-corrected chi connectivity index (χ4v) is 1.88. The second-order valence-electron chi connectivity index (χ2n) is 3.13. The van der Waals surface area contributed by atoms with E-state index in [1.165, 1.54) is 6.21 Å². The molecule has 1 atom stereocenters. The van der Waals surface area contributed by atoms with E-state index in [1.54, 1.807) is 0 Å². The van der Waals surface area contributed by atoms with Crippen LogP contribution in [0.15, 0.2) is 29.4 Å². The highest BCUT2D eigenvalue weighted by Gasteiger charge is 2.29. The minimum absolute atomic E-state index is 0.399. The van der Waals surface area contributed by atoms with Crippen LogP contribution < -0.4 is 0 Å². The second-order valence-corrected chi connectivity index (χ2v) is 3.75. The summed E-state index contributed by atoms with van der Waals surface area (Å²) in [4.78, 5) is 11.0. The number of carboxylic acid groups (broad SMARTS) is 1. The first-order valence-corrected chi connectivity index (χ1v) is 6.09. The molecule has 0 saturated carbocycles. The van der Waals surface area contributed by atoms with Crippen molar-refractivity contribution in [2.75, 3.05) is 4.61 Å². The SMILES string of the molecule is O=C(O)N1N=Cc2ccccc2C1OCI. The Bertz CT molecular complexity index is 436. The molecule has 16 heavy (non-hydrogen) atoms. The monoisotopic (exact) mass is 332 g/mol. The number of fused-ring (bicyclic) bond motifs is 1. The number of alkyl halides is 1. The van der Waals surface area contributed by atoms with Gasteiger partial charge in [0, 0.05) is 11.1 Å². The van der Waals surface area contributed by atoms with Gasteiger partial charge in [-0.25, -0.2) is 4.79 Å². The van der Waals surface area contributed by atoms with Gasteiger partial charge in [0.1, 0.15) is 4.61 Å². The normalized spacial score (nSPS) is 18.3. The quantitative estimate of drug-likeness (QED) is 0.668. The number of hydrogen-bond donors (Lipinski definition) is 1. The highest BCUT2D eigenvalue weighted by Crippen LogP contribution is 2.28. The molecule has 0 spiro atoms. The molecule has 6 heteroatoms. The Morgan fingerprint density at radius 3 is 3.00 bits per heavy atom. The van der Waals surface area contributed by atoms with Crippen molar-refractivity contribution >= 4 is 34.9 Å². The molecule has 1 aliphatic rings. The summed E-state index contributed by atoms with van der Waals surface area (Å²) in [6, 6.07) is 7.44. The van der Waals surface area contributed by atoms with E-state index in [-0.39, 0.29) is 0 Å². The summed E-state index contributed by atoms with van der Waals surface area (Å²) in [5.74, 6) is 0. The molecular weight excluding hydrogens is 323 g/mol. The third-order valence-corrected chi connectivity index (χ3v) is 2.58. The van der Waals surface area contributed by atoms with E-state index in [2.05, 4.69) is 5.10 Å². The Balaban J connectivity index is 2.41. The van der Waals surface area contributed by atoms with E-state index < -0.39 is 12.3 Å². The number of carbonyl (C=O) groups is 1. The van der Waals surface area contributed by atoms with Gasteiger partial charge in [-0.3, -0.25) is 0 Å². The minimum atomic E-state index is -1.12. The predicted molar refractivity (Wildman–Crippen MR) is 66.6 cm³/mol. The van der Waals surface area contributed by atoms with Crippen LogP contribution in [-0.2, 0) is 4.74 Å². The van der Waals surface area contributed by atoms with Gasteiger partial charge in [0.15, 0.2) is 6.23 Å². The highest BCUT2D eigenvalue weighted by atomic mass is 127. The molecule has 0 saturated heterocycles. The van der Waals surface area contributed by atoms with Crippen LogP contribution in [0, 0.1) is 0 Å². The standard InChI is InChI=1S/C10H9IN2O3/c11-6-16-9-8-4-2-1-3-7(8)5-12-13(9)10(14)15/h1-5,9H,6H2,(H,14,15). The largest absolute Gasteiger partial charge is 0.464 e. The van der Waals surface area contributed by atoms with Crippen molar-refractivity contribution < 1.29 is 14.6 Å². The van der Waals surface area contributed by atoms with Gasteiger partial charge in [-0.1, -0.05) is 46.9 Å². The molecule has 1 aliphatic heterocycles. The van der Waals surface area contributed by atoms with E-state index in [4.69, 9.17) is 9.84 Å². The Hall–Kier alpha value is -1.15. The third-order valence-electron chi connectivity index (χ3n) is 2.22. The molecule has 0 fully saturated rings. The molecule has 1 aromatic rings. The molecule has 1 heterocycles. The van der Waals surface area contributed by atoms with Crippen LogP contribution in [0.2, 0.25) is 0 Å². The maximum absolute atomic E-state index is 11.0. The topological polar surface area (TPSA) is 62.1 Å². The maximum atomic E-state index is 11.0. The number of hydrogen-bond acceptors (Lipinski definition) is 3. The van der Waals surface area contributed by atoms with Gasteiger partial charge in [-0.05, 0) is 0 Å². The van der Waals surface area contributed by atoms with Crippen LogP contribution in [0.5, 0.6) is 0 Å². The number of halogens is 1. The van der Waals surface area contributed by atoms with Gasteiger partial charge >= 0.3 is 6.09 Å². The molecule has 0 aliphatic carbocycles. The van der Waals surface area contributed by atoms with E-state index >= 15 is 0 Å². The van der Waals surface area contributed by atoms with Crippen LogP contribution in [0.1, 0.15) is 17.4 Å². The lowest BCUT2D eigenvalue weighted by Crippen LogP contribution is -2.33. The molecule has 1 N–H and O–H groups in total. The van der Waals surface area contributed by atoms with Gasteiger partial charge in [0.05, 0.1) is 6.21 Å². The number of benzene rings is 1. The van der Waals surface area contributed by atoms with E-state index in [0.29, 0.717) is 4.61 Å². The summed E-state index contributed by atoms with van der Waals surface area (Å²) in [7, 11) is 0. The lowest BCUT2D eigenvalue weighted by molar-refractivity contribution is -0.0275. The summed E-state index contributed by atoms with van der Waals surface area (Å²) in [6.07, 6.45) is -0.257. The molecule has 2 rings (SSSR count). The summed E-state index contributed by atoms with van der Waals surface area (Å²) in [5.41, 5.74) is 1.70. The fourth-order valence-electron chi connectivity index (χ4n) is 1.54. The van der Waals surface area contributed by atoms with Crippen LogP contribution in [0.25, 0.3) is 0 Å². The van der Waals surface area contributed by atoms with E-state index in [0.717, 1.165) is 16.1 Å². The number of ether oxygens (including phenoxy) is 1. The molecule has 0 bridgehead atoms. The summed E-state index contributed by atoms with van der Waals surface area (Å²) < 4.78 is 5.80. The van der Waals surface area contributed by atoms with Crippen molar-refractivity contribution in [2.24, 2.45) is 5.10 Å².